The SMILES string of the molecule is COc1ccc(CC(OC(C)C)C(=O)O)cc1CNC(=O)c1nc(-c2ccc(C)cc2)sc1C. The number of amides is 1. The van der Waals surface area contributed by atoms with Gasteiger partial charge in [-0.3, -0.25) is 4.79 Å². The van der Waals surface area contributed by atoms with Crippen LogP contribution in [-0.4, -0.2) is 41.3 Å². The minimum Gasteiger partial charge on any atom is -0.496 e. The van der Waals surface area contributed by atoms with Crippen molar-refractivity contribution < 1.29 is 24.2 Å². The summed E-state index contributed by atoms with van der Waals surface area (Å²) in [6, 6.07) is 13.5. The number of nitrogens with zero attached hydrogens (tertiary/aromatic N) is 1. The second-order valence-corrected chi connectivity index (χ2v) is 9.54. The predicted octanol–water partition coefficient (Wildman–Crippen LogP) is 4.79. The molecule has 8 heteroatoms. The van der Waals surface area contributed by atoms with Gasteiger partial charge in [-0.2, -0.15) is 0 Å². The third kappa shape index (κ3) is 6.42. The molecule has 0 aliphatic rings. The number of nitrogens with one attached hydrogen (secondary N) is 1. The minimum atomic E-state index is -1.01. The van der Waals surface area contributed by atoms with Crippen LogP contribution in [0, 0.1) is 13.8 Å². The highest BCUT2D eigenvalue weighted by Gasteiger charge is 2.21. The van der Waals surface area contributed by atoms with Crippen LogP contribution in [0.5, 0.6) is 5.75 Å². The van der Waals surface area contributed by atoms with Crippen molar-refractivity contribution in [2.45, 2.75) is 52.9 Å². The van der Waals surface area contributed by atoms with Gasteiger partial charge < -0.3 is 19.9 Å². The zero-order valence-electron chi connectivity index (χ0n) is 20.0. The van der Waals surface area contributed by atoms with Gasteiger partial charge in [0.2, 0.25) is 0 Å². The summed E-state index contributed by atoms with van der Waals surface area (Å²) >= 11 is 1.48. The molecule has 0 radical (unpaired) electrons. The number of carboxylic acids is 1. The number of thiazole rings is 1. The number of aryl methyl sites for hydroxylation is 2. The summed E-state index contributed by atoms with van der Waals surface area (Å²) in [5, 5.41) is 13.2. The molecule has 3 rings (SSSR count). The van der Waals surface area contributed by atoms with E-state index in [4.69, 9.17) is 9.47 Å². The molecule has 2 N–H and O–H groups in total. The highest BCUT2D eigenvalue weighted by molar-refractivity contribution is 7.15. The fraction of sp³-hybridized carbons (Fsp3) is 0.346. The van der Waals surface area contributed by atoms with E-state index in [1.165, 1.54) is 11.3 Å². The quantitative estimate of drug-likeness (QED) is 0.431. The maximum atomic E-state index is 12.9. The molecule has 0 saturated heterocycles. The molecular weight excluding hydrogens is 452 g/mol. The number of benzene rings is 2. The first kappa shape index (κ1) is 25.4. The van der Waals surface area contributed by atoms with Gasteiger partial charge in [0, 0.05) is 29.0 Å². The second kappa shape index (κ2) is 11.3. The Hall–Kier alpha value is -3.23. The van der Waals surface area contributed by atoms with Crippen LogP contribution in [0.15, 0.2) is 42.5 Å². The zero-order chi connectivity index (χ0) is 24.8. The van der Waals surface area contributed by atoms with Gasteiger partial charge in [0.15, 0.2) is 6.10 Å². The molecule has 1 aromatic heterocycles. The zero-order valence-corrected chi connectivity index (χ0v) is 20.9. The number of hydrogen-bond donors (Lipinski definition) is 2. The lowest BCUT2D eigenvalue weighted by Crippen LogP contribution is -2.29. The van der Waals surface area contributed by atoms with E-state index in [0.717, 1.165) is 32.1 Å². The van der Waals surface area contributed by atoms with Gasteiger partial charge in [-0.05, 0) is 39.3 Å². The number of rotatable bonds is 10. The summed E-state index contributed by atoms with van der Waals surface area (Å²) in [6.45, 7) is 7.73. The molecule has 1 heterocycles. The molecule has 0 aliphatic carbocycles. The van der Waals surface area contributed by atoms with Gasteiger partial charge in [-0.1, -0.05) is 42.0 Å². The monoisotopic (exact) mass is 482 g/mol. The average molecular weight is 483 g/mol. The van der Waals surface area contributed by atoms with Gasteiger partial charge in [0.25, 0.3) is 5.91 Å². The van der Waals surface area contributed by atoms with Crippen molar-refractivity contribution in [2.75, 3.05) is 7.11 Å². The van der Waals surface area contributed by atoms with Gasteiger partial charge in [-0.15, -0.1) is 11.3 Å². The highest BCUT2D eigenvalue weighted by atomic mass is 32.1. The number of methoxy groups -OCH3 is 1. The third-order valence-corrected chi connectivity index (χ3v) is 6.25. The molecule has 2 aromatic carbocycles. The van der Waals surface area contributed by atoms with E-state index in [1.54, 1.807) is 27.0 Å². The van der Waals surface area contributed by atoms with Crippen LogP contribution < -0.4 is 10.1 Å². The van der Waals surface area contributed by atoms with E-state index in [-0.39, 0.29) is 25.0 Å². The molecule has 1 atom stereocenters. The van der Waals surface area contributed by atoms with E-state index in [0.29, 0.717) is 11.4 Å². The van der Waals surface area contributed by atoms with Crippen molar-refractivity contribution in [2.24, 2.45) is 0 Å². The van der Waals surface area contributed by atoms with Crippen molar-refractivity contribution in [3.63, 3.8) is 0 Å². The van der Waals surface area contributed by atoms with Gasteiger partial charge in [0.05, 0.1) is 13.2 Å². The fourth-order valence-electron chi connectivity index (χ4n) is 3.52. The van der Waals surface area contributed by atoms with Crippen LogP contribution >= 0.6 is 11.3 Å². The number of aliphatic carboxylic acids is 1. The maximum absolute atomic E-state index is 12.9. The first-order chi connectivity index (χ1) is 16.2. The van der Waals surface area contributed by atoms with Crippen LogP contribution in [0.4, 0.5) is 0 Å². The van der Waals surface area contributed by atoms with E-state index in [1.807, 2.05) is 50.2 Å². The molecule has 0 aliphatic heterocycles. The molecule has 1 amide bonds. The molecule has 3 aromatic rings. The van der Waals surface area contributed by atoms with Crippen molar-refractivity contribution >= 4 is 23.2 Å². The molecule has 34 heavy (non-hydrogen) atoms. The van der Waals surface area contributed by atoms with Gasteiger partial charge >= 0.3 is 5.97 Å². The summed E-state index contributed by atoms with van der Waals surface area (Å²) in [6.07, 6.45) is -0.943. The van der Waals surface area contributed by atoms with Crippen LogP contribution in [0.1, 0.15) is 45.9 Å². The molecule has 0 bridgehead atoms. The van der Waals surface area contributed by atoms with Gasteiger partial charge in [-0.25, -0.2) is 9.78 Å². The summed E-state index contributed by atoms with van der Waals surface area (Å²) in [7, 11) is 1.56. The Balaban J connectivity index is 1.74. The first-order valence-electron chi connectivity index (χ1n) is 11.0. The van der Waals surface area contributed by atoms with Crippen LogP contribution in [0.3, 0.4) is 0 Å². The second-order valence-electron chi connectivity index (χ2n) is 8.33. The molecular formula is C26H30N2O5S. The lowest BCUT2D eigenvalue weighted by molar-refractivity contribution is -0.153. The topological polar surface area (TPSA) is 97.8 Å². The Bertz CT molecular complexity index is 1150. The Morgan fingerprint density at radius 1 is 1.12 bits per heavy atom. The molecule has 7 nitrogen and oxygen atoms in total. The fourth-order valence-corrected chi connectivity index (χ4v) is 4.44. The molecule has 0 saturated carbocycles. The molecule has 0 spiro atoms. The number of aromatic nitrogens is 1. The Labute approximate surface area is 203 Å². The summed E-state index contributed by atoms with van der Waals surface area (Å²) in [5.41, 5.74) is 4.06. The normalized spacial score (nSPS) is 11.9. The Morgan fingerprint density at radius 3 is 2.44 bits per heavy atom. The molecule has 1 unspecified atom stereocenters. The lowest BCUT2D eigenvalue weighted by Gasteiger charge is -2.18. The summed E-state index contributed by atoms with van der Waals surface area (Å²) in [4.78, 5) is 29.9. The van der Waals surface area contributed by atoms with Crippen molar-refractivity contribution in [1.82, 2.24) is 10.3 Å². The minimum absolute atomic E-state index is 0.204. The van der Waals surface area contributed by atoms with Crippen LogP contribution in [-0.2, 0) is 22.5 Å². The largest absolute Gasteiger partial charge is 0.496 e. The summed E-state index contributed by atoms with van der Waals surface area (Å²) < 4.78 is 11.0. The lowest BCUT2D eigenvalue weighted by atomic mass is 10.0. The van der Waals surface area contributed by atoms with E-state index >= 15 is 0 Å². The number of carbonyl (C=O) groups excluding carboxylic acids is 1. The Morgan fingerprint density at radius 2 is 1.82 bits per heavy atom. The number of hydrogen-bond acceptors (Lipinski definition) is 6. The molecule has 180 valence electrons. The van der Waals surface area contributed by atoms with E-state index in [9.17, 15) is 14.7 Å². The Kier molecular flexibility index (Phi) is 8.41. The van der Waals surface area contributed by atoms with Crippen LogP contribution in [0.25, 0.3) is 10.6 Å². The highest BCUT2D eigenvalue weighted by Crippen LogP contribution is 2.28. The van der Waals surface area contributed by atoms with Gasteiger partial charge in [0.1, 0.15) is 16.5 Å². The van der Waals surface area contributed by atoms with E-state index < -0.39 is 12.1 Å². The molecule has 0 fully saturated rings. The number of carbonyl (C=O) groups is 2. The predicted molar refractivity (Wildman–Crippen MR) is 133 cm³/mol. The smallest absolute Gasteiger partial charge is 0.333 e. The standard InChI is InChI=1S/C26H30N2O5S/c1-15(2)33-22(26(30)31)13-18-8-11-21(32-5)20(12-18)14-27-24(29)23-17(4)34-25(28-23)19-9-6-16(3)7-10-19/h6-12,15,22H,13-14H2,1-5H3,(H,27,29)(H,30,31). The maximum Gasteiger partial charge on any atom is 0.333 e. The van der Waals surface area contributed by atoms with Crippen molar-refractivity contribution in [3.8, 4) is 16.3 Å². The van der Waals surface area contributed by atoms with Crippen molar-refractivity contribution in [3.05, 3.63) is 69.7 Å². The van der Waals surface area contributed by atoms with Crippen molar-refractivity contribution in [1.29, 1.82) is 0 Å². The number of carboxylic acid groups (broad SMARTS) is 1. The van der Waals surface area contributed by atoms with Crippen LogP contribution in [0.2, 0.25) is 0 Å². The average Bonchev–Trinajstić information content (AvgIpc) is 3.19. The first-order valence-corrected chi connectivity index (χ1v) is 11.9. The van der Waals surface area contributed by atoms with E-state index in [2.05, 4.69) is 10.3 Å². The summed E-state index contributed by atoms with van der Waals surface area (Å²) in [5.74, 6) is -0.676. The number of ether oxygens (including phenoxy) is 2. The third-order valence-electron chi connectivity index (χ3n) is 5.23.